The molecule has 0 atom stereocenters. The molecule has 0 unspecified atom stereocenters. The molecule has 0 aromatic carbocycles. The molecule has 1 heterocycles. The van der Waals surface area contributed by atoms with Gasteiger partial charge < -0.3 is 9.47 Å². The number of hydrogen-bond acceptors (Lipinski definition) is 3. The van der Waals surface area contributed by atoms with Crippen molar-refractivity contribution in [3.63, 3.8) is 0 Å². The number of ether oxygens (including phenoxy) is 2. The summed E-state index contributed by atoms with van der Waals surface area (Å²) in [5, 5.41) is 0. The van der Waals surface area contributed by atoms with Gasteiger partial charge >= 0.3 is 0 Å². The van der Waals surface area contributed by atoms with Crippen molar-refractivity contribution in [3.8, 4) is 0 Å². The van der Waals surface area contributed by atoms with Crippen LogP contribution in [0.5, 0.6) is 0 Å². The van der Waals surface area contributed by atoms with Crippen molar-refractivity contribution in [1.29, 1.82) is 0 Å². The molecule has 0 N–H and O–H groups in total. The first-order valence-electron chi connectivity index (χ1n) is 5.75. The van der Waals surface area contributed by atoms with Gasteiger partial charge in [-0.1, -0.05) is 6.42 Å². The van der Waals surface area contributed by atoms with Crippen molar-refractivity contribution in [1.82, 2.24) is 4.90 Å². The third-order valence-corrected chi connectivity index (χ3v) is 3.60. The maximum atomic E-state index is 5.79. The molecule has 1 saturated heterocycles. The fourth-order valence-electron chi connectivity index (χ4n) is 2.72. The van der Waals surface area contributed by atoms with E-state index in [-0.39, 0.29) is 5.72 Å². The average molecular weight is 199 g/mol. The normalized spacial score (nSPS) is 28.9. The standard InChI is InChI=1S/C11H21NO2/c1-13-11(5-3-2-4-6-11)12-7-9-14-10-8-12/h2-10H2,1H3. The largest absolute Gasteiger partial charge is 0.379 e. The van der Waals surface area contributed by atoms with E-state index in [1.54, 1.807) is 0 Å². The Morgan fingerprint density at radius 1 is 1.07 bits per heavy atom. The van der Waals surface area contributed by atoms with Gasteiger partial charge in [-0.15, -0.1) is 0 Å². The second kappa shape index (κ2) is 4.60. The van der Waals surface area contributed by atoms with Crippen LogP contribution in [0.4, 0.5) is 0 Å². The molecule has 2 aliphatic rings. The van der Waals surface area contributed by atoms with E-state index >= 15 is 0 Å². The van der Waals surface area contributed by atoms with E-state index in [1.165, 1.54) is 32.1 Å². The highest BCUT2D eigenvalue weighted by molar-refractivity contribution is 4.85. The Morgan fingerprint density at radius 3 is 2.29 bits per heavy atom. The summed E-state index contributed by atoms with van der Waals surface area (Å²) in [6.07, 6.45) is 6.39. The van der Waals surface area contributed by atoms with Gasteiger partial charge in [-0.2, -0.15) is 0 Å². The van der Waals surface area contributed by atoms with Crippen LogP contribution in [0.25, 0.3) is 0 Å². The van der Waals surface area contributed by atoms with E-state index in [0.29, 0.717) is 0 Å². The van der Waals surface area contributed by atoms with Crippen molar-refractivity contribution in [2.75, 3.05) is 33.4 Å². The zero-order valence-electron chi connectivity index (χ0n) is 9.13. The Balaban J connectivity index is 2.01. The van der Waals surface area contributed by atoms with Crippen LogP contribution in [0.15, 0.2) is 0 Å². The topological polar surface area (TPSA) is 21.7 Å². The monoisotopic (exact) mass is 199 g/mol. The average Bonchev–Trinajstić information content (AvgIpc) is 2.31. The molecule has 0 aromatic rings. The van der Waals surface area contributed by atoms with E-state index in [4.69, 9.17) is 9.47 Å². The van der Waals surface area contributed by atoms with Crippen LogP contribution in [-0.2, 0) is 9.47 Å². The highest BCUT2D eigenvalue weighted by Crippen LogP contribution is 2.34. The Labute approximate surface area is 86.4 Å². The van der Waals surface area contributed by atoms with Crippen molar-refractivity contribution in [2.45, 2.75) is 37.8 Å². The van der Waals surface area contributed by atoms with Crippen LogP contribution in [0, 0.1) is 0 Å². The third kappa shape index (κ3) is 1.95. The first kappa shape index (κ1) is 10.4. The van der Waals surface area contributed by atoms with Gasteiger partial charge in [0.2, 0.25) is 0 Å². The summed E-state index contributed by atoms with van der Waals surface area (Å²) in [5.41, 5.74) is 0.0437. The zero-order valence-corrected chi connectivity index (χ0v) is 9.13. The third-order valence-electron chi connectivity index (χ3n) is 3.60. The van der Waals surface area contributed by atoms with Crippen molar-refractivity contribution < 1.29 is 9.47 Å². The molecule has 0 aromatic heterocycles. The van der Waals surface area contributed by atoms with Gasteiger partial charge in [0.15, 0.2) is 0 Å². The maximum absolute atomic E-state index is 5.79. The van der Waals surface area contributed by atoms with Gasteiger partial charge in [-0.05, 0) is 25.7 Å². The highest BCUT2D eigenvalue weighted by atomic mass is 16.5. The summed E-state index contributed by atoms with van der Waals surface area (Å²) >= 11 is 0. The second-order valence-corrected chi connectivity index (χ2v) is 4.31. The number of hydrogen-bond donors (Lipinski definition) is 0. The summed E-state index contributed by atoms with van der Waals surface area (Å²) < 4.78 is 11.2. The van der Waals surface area contributed by atoms with Crippen LogP contribution >= 0.6 is 0 Å². The molecule has 1 aliphatic carbocycles. The predicted molar refractivity (Wildman–Crippen MR) is 55.2 cm³/mol. The summed E-state index contributed by atoms with van der Waals surface area (Å²) in [6.45, 7) is 3.80. The van der Waals surface area contributed by atoms with E-state index in [0.717, 1.165) is 26.3 Å². The molecule has 2 fully saturated rings. The van der Waals surface area contributed by atoms with E-state index in [9.17, 15) is 0 Å². The number of rotatable bonds is 2. The van der Waals surface area contributed by atoms with Gasteiger partial charge in [0.25, 0.3) is 0 Å². The Kier molecular flexibility index (Phi) is 3.42. The first-order valence-corrected chi connectivity index (χ1v) is 5.75. The highest BCUT2D eigenvalue weighted by Gasteiger charge is 2.38. The molecule has 0 radical (unpaired) electrons. The van der Waals surface area contributed by atoms with Crippen LogP contribution in [0.1, 0.15) is 32.1 Å². The molecule has 0 spiro atoms. The number of methoxy groups -OCH3 is 1. The molecule has 82 valence electrons. The lowest BCUT2D eigenvalue weighted by molar-refractivity contribution is -0.178. The van der Waals surface area contributed by atoms with Crippen molar-refractivity contribution >= 4 is 0 Å². The lowest BCUT2D eigenvalue weighted by atomic mass is 9.90. The van der Waals surface area contributed by atoms with Crippen molar-refractivity contribution in [2.24, 2.45) is 0 Å². The van der Waals surface area contributed by atoms with Crippen LogP contribution < -0.4 is 0 Å². The van der Waals surface area contributed by atoms with Gasteiger partial charge in [0, 0.05) is 20.2 Å². The minimum atomic E-state index is 0.0437. The second-order valence-electron chi connectivity index (χ2n) is 4.31. The molecular formula is C11H21NO2. The fraction of sp³-hybridized carbons (Fsp3) is 1.00. The lowest BCUT2D eigenvalue weighted by Crippen LogP contribution is -2.55. The lowest BCUT2D eigenvalue weighted by Gasteiger charge is -2.46. The summed E-state index contributed by atoms with van der Waals surface area (Å²) in [7, 11) is 1.86. The molecule has 2 rings (SSSR count). The summed E-state index contributed by atoms with van der Waals surface area (Å²) in [4.78, 5) is 2.48. The van der Waals surface area contributed by atoms with Crippen molar-refractivity contribution in [3.05, 3.63) is 0 Å². The smallest absolute Gasteiger partial charge is 0.121 e. The number of morpholine rings is 1. The molecule has 3 nitrogen and oxygen atoms in total. The number of nitrogens with zero attached hydrogens (tertiary/aromatic N) is 1. The Morgan fingerprint density at radius 2 is 1.71 bits per heavy atom. The zero-order chi connectivity index (χ0) is 9.86. The molecule has 0 amide bonds. The van der Waals surface area contributed by atoms with Crippen LogP contribution in [0.2, 0.25) is 0 Å². The first-order chi connectivity index (χ1) is 6.87. The molecular weight excluding hydrogens is 178 g/mol. The molecule has 1 aliphatic heterocycles. The van der Waals surface area contributed by atoms with Crippen LogP contribution in [-0.4, -0.2) is 44.0 Å². The Hall–Kier alpha value is -0.120. The SMILES string of the molecule is COC1(N2CCOCC2)CCCCC1. The van der Waals surface area contributed by atoms with Gasteiger partial charge in [0.1, 0.15) is 5.72 Å². The van der Waals surface area contributed by atoms with E-state index < -0.39 is 0 Å². The van der Waals surface area contributed by atoms with E-state index in [2.05, 4.69) is 4.90 Å². The quantitative estimate of drug-likeness (QED) is 0.674. The van der Waals surface area contributed by atoms with Gasteiger partial charge in [-0.3, -0.25) is 4.90 Å². The van der Waals surface area contributed by atoms with Crippen LogP contribution in [0.3, 0.4) is 0 Å². The van der Waals surface area contributed by atoms with Gasteiger partial charge in [-0.25, -0.2) is 0 Å². The maximum Gasteiger partial charge on any atom is 0.121 e. The Bertz CT molecular complexity index is 172. The molecule has 1 saturated carbocycles. The van der Waals surface area contributed by atoms with Gasteiger partial charge in [0.05, 0.1) is 13.2 Å². The minimum Gasteiger partial charge on any atom is -0.379 e. The van der Waals surface area contributed by atoms with E-state index in [1.807, 2.05) is 7.11 Å². The predicted octanol–water partition coefficient (Wildman–Crippen LogP) is 1.63. The molecule has 3 heteroatoms. The summed E-state index contributed by atoms with van der Waals surface area (Å²) in [6, 6.07) is 0. The molecule has 14 heavy (non-hydrogen) atoms. The summed E-state index contributed by atoms with van der Waals surface area (Å²) in [5.74, 6) is 0. The fourth-order valence-corrected chi connectivity index (χ4v) is 2.72. The molecule has 0 bridgehead atoms. The minimum absolute atomic E-state index is 0.0437.